The lowest BCUT2D eigenvalue weighted by atomic mass is 10.1. The third-order valence-electron chi connectivity index (χ3n) is 3.12. The van der Waals surface area contributed by atoms with Gasteiger partial charge in [0.05, 0.1) is 0 Å². The van der Waals surface area contributed by atoms with E-state index in [9.17, 15) is 4.79 Å². The fourth-order valence-corrected chi connectivity index (χ4v) is 2.20. The van der Waals surface area contributed by atoms with E-state index in [4.69, 9.17) is 4.74 Å². The van der Waals surface area contributed by atoms with Crippen LogP contribution in [0.5, 0.6) is 0 Å². The van der Waals surface area contributed by atoms with Crippen LogP contribution in [0.15, 0.2) is 42.1 Å². The maximum absolute atomic E-state index is 12.3. The minimum atomic E-state index is -0.404. The third kappa shape index (κ3) is 3.39. The Morgan fingerprint density at radius 3 is 2.52 bits per heavy atom. The number of aromatic nitrogens is 1. The van der Waals surface area contributed by atoms with E-state index < -0.39 is 6.23 Å². The van der Waals surface area contributed by atoms with Crippen LogP contribution in [0.2, 0.25) is 0 Å². The summed E-state index contributed by atoms with van der Waals surface area (Å²) in [4.78, 5) is 18.2. The summed E-state index contributed by atoms with van der Waals surface area (Å²) in [5.74, 6) is 0.515. The molecule has 1 aromatic heterocycles. The molecule has 0 aromatic carbocycles. The van der Waals surface area contributed by atoms with E-state index in [2.05, 4.69) is 25.4 Å². The number of ether oxygens (including phenoxy) is 1. The number of rotatable bonds is 3. The molecule has 2 heterocycles. The zero-order chi connectivity index (χ0) is 16.0. The zero-order valence-electron chi connectivity index (χ0n) is 13.5. The Balaban J connectivity index is 0.000000677. The fourth-order valence-electron chi connectivity index (χ4n) is 2.20. The second kappa shape index (κ2) is 7.74. The Morgan fingerprint density at radius 2 is 2.05 bits per heavy atom. The molecule has 0 fully saturated rings. The minimum absolute atomic E-state index is 0.115. The van der Waals surface area contributed by atoms with E-state index in [1.54, 1.807) is 24.3 Å². The number of nitrogens with zero attached hydrogens (tertiary/aromatic N) is 2. The molecular weight excluding hydrogens is 264 g/mol. The van der Waals surface area contributed by atoms with Crippen molar-refractivity contribution in [1.29, 1.82) is 0 Å². The molecule has 1 unspecified atom stereocenters. The van der Waals surface area contributed by atoms with Gasteiger partial charge in [0.15, 0.2) is 6.23 Å². The molecule has 0 saturated heterocycles. The number of methoxy groups -OCH3 is 1. The summed E-state index contributed by atoms with van der Waals surface area (Å²) >= 11 is 0. The van der Waals surface area contributed by atoms with Gasteiger partial charge in [0.2, 0.25) is 0 Å². The molecule has 0 aliphatic carbocycles. The van der Waals surface area contributed by atoms with Crippen molar-refractivity contribution in [2.45, 2.75) is 40.3 Å². The highest BCUT2D eigenvalue weighted by molar-refractivity contribution is 6.11. The largest absolute Gasteiger partial charge is 0.357 e. The molecule has 0 spiro atoms. The maximum atomic E-state index is 12.3. The van der Waals surface area contributed by atoms with Gasteiger partial charge in [-0.3, -0.25) is 9.69 Å². The molecule has 0 radical (unpaired) electrons. The smallest absolute Gasteiger partial charge is 0.261 e. The van der Waals surface area contributed by atoms with Gasteiger partial charge in [0.1, 0.15) is 5.82 Å². The van der Waals surface area contributed by atoms with Gasteiger partial charge in [-0.05, 0) is 31.1 Å². The van der Waals surface area contributed by atoms with Crippen LogP contribution in [0.4, 0.5) is 5.82 Å². The van der Waals surface area contributed by atoms with Gasteiger partial charge in [-0.2, -0.15) is 0 Å². The highest BCUT2D eigenvalue weighted by Crippen LogP contribution is 2.32. The van der Waals surface area contributed by atoms with E-state index in [-0.39, 0.29) is 5.91 Å². The molecule has 1 aliphatic rings. The summed E-state index contributed by atoms with van der Waals surface area (Å²) in [6, 6.07) is 3.76. The second-order valence-corrected chi connectivity index (χ2v) is 4.92. The molecule has 21 heavy (non-hydrogen) atoms. The quantitative estimate of drug-likeness (QED) is 0.853. The molecule has 4 heteroatoms. The lowest BCUT2D eigenvalue weighted by Gasteiger charge is -2.25. The number of aryl methyl sites for hydroxylation is 1. The summed E-state index contributed by atoms with van der Waals surface area (Å²) < 4.78 is 5.41. The number of amides is 1. The van der Waals surface area contributed by atoms with Crippen molar-refractivity contribution in [3.63, 3.8) is 0 Å². The Morgan fingerprint density at radius 1 is 1.43 bits per heavy atom. The lowest BCUT2D eigenvalue weighted by molar-refractivity contribution is -0.115. The molecular formula is C17H24N2O2. The SMILES string of the molecule is C=CC1=C(C)C(OC)N(c2ncccc2C)C1=O.CCC. The van der Waals surface area contributed by atoms with Crippen molar-refractivity contribution in [2.75, 3.05) is 12.0 Å². The molecule has 1 amide bonds. The molecule has 1 aliphatic heterocycles. The van der Waals surface area contributed by atoms with Crippen LogP contribution in [0.3, 0.4) is 0 Å². The summed E-state index contributed by atoms with van der Waals surface area (Å²) in [6.07, 6.45) is 4.09. The molecule has 1 aromatic rings. The maximum Gasteiger partial charge on any atom is 0.261 e. The van der Waals surface area contributed by atoms with Crippen molar-refractivity contribution >= 4 is 11.7 Å². The number of hydrogen-bond acceptors (Lipinski definition) is 3. The molecule has 114 valence electrons. The van der Waals surface area contributed by atoms with Crippen molar-refractivity contribution in [3.05, 3.63) is 47.7 Å². The van der Waals surface area contributed by atoms with Crippen molar-refractivity contribution in [1.82, 2.24) is 4.98 Å². The van der Waals surface area contributed by atoms with Crippen LogP contribution >= 0.6 is 0 Å². The number of anilines is 1. The molecule has 0 bridgehead atoms. The van der Waals surface area contributed by atoms with Crippen LogP contribution in [-0.2, 0) is 9.53 Å². The van der Waals surface area contributed by atoms with Crippen LogP contribution < -0.4 is 4.90 Å². The Kier molecular flexibility index (Phi) is 6.31. The van der Waals surface area contributed by atoms with Crippen LogP contribution in [0.25, 0.3) is 0 Å². The van der Waals surface area contributed by atoms with Crippen molar-refractivity contribution in [3.8, 4) is 0 Å². The average molecular weight is 288 g/mol. The molecule has 2 rings (SSSR count). The first-order chi connectivity index (χ1) is 10.0. The highest BCUT2D eigenvalue weighted by atomic mass is 16.5. The van der Waals surface area contributed by atoms with Crippen molar-refractivity contribution in [2.24, 2.45) is 0 Å². The van der Waals surface area contributed by atoms with Crippen LogP contribution in [0, 0.1) is 6.92 Å². The topological polar surface area (TPSA) is 42.4 Å². The monoisotopic (exact) mass is 288 g/mol. The number of hydrogen-bond donors (Lipinski definition) is 0. The summed E-state index contributed by atoms with van der Waals surface area (Å²) in [5, 5.41) is 0. The number of carbonyl (C=O) groups is 1. The van der Waals surface area contributed by atoms with Crippen LogP contribution in [0.1, 0.15) is 32.8 Å². The Labute approximate surface area is 127 Å². The first-order valence-electron chi connectivity index (χ1n) is 7.14. The number of pyridine rings is 1. The second-order valence-electron chi connectivity index (χ2n) is 4.92. The highest BCUT2D eigenvalue weighted by Gasteiger charge is 2.38. The summed E-state index contributed by atoms with van der Waals surface area (Å²) in [7, 11) is 1.58. The summed E-state index contributed by atoms with van der Waals surface area (Å²) in [6.45, 7) is 11.7. The van der Waals surface area contributed by atoms with Gasteiger partial charge in [-0.1, -0.05) is 39.0 Å². The normalized spacial score (nSPS) is 17.7. The van der Waals surface area contributed by atoms with Gasteiger partial charge in [0, 0.05) is 18.9 Å². The van der Waals surface area contributed by atoms with Gasteiger partial charge < -0.3 is 4.74 Å². The first-order valence-corrected chi connectivity index (χ1v) is 7.14. The molecule has 0 saturated carbocycles. The predicted octanol–water partition coefficient (Wildman–Crippen LogP) is 3.63. The third-order valence-corrected chi connectivity index (χ3v) is 3.12. The van der Waals surface area contributed by atoms with E-state index >= 15 is 0 Å². The number of carbonyl (C=O) groups excluding carboxylic acids is 1. The van der Waals surface area contributed by atoms with E-state index in [1.165, 1.54) is 6.42 Å². The van der Waals surface area contributed by atoms with Gasteiger partial charge in [-0.15, -0.1) is 0 Å². The fraction of sp³-hybridized carbons (Fsp3) is 0.412. The Hall–Kier alpha value is -1.94. The zero-order valence-corrected chi connectivity index (χ0v) is 13.5. The standard InChI is InChI=1S/C14H16N2O2.C3H8/c1-5-11-10(3)14(18-4)16(13(11)17)12-9(2)7-6-8-15-12;1-3-2/h5-8,14H,1H2,2-4H3;3H2,1-2H3. The first kappa shape index (κ1) is 17.1. The van der Waals surface area contributed by atoms with Crippen molar-refractivity contribution < 1.29 is 9.53 Å². The van der Waals surface area contributed by atoms with E-state index in [0.717, 1.165) is 11.1 Å². The molecule has 0 N–H and O–H groups in total. The van der Waals surface area contributed by atoms with Gasteiger partial charge in [0.25, 0.3) is 5.91 Å². The predicted molar refractivity (Wildman–Crippen MR) is 86.1 cm³/mol. The average Bonchev–Trinajstić information content (AvgIpc) is 2.70. The van der Waals surface area contributed by atoms with Gasteiger partial charge >= 0.3 is 0 Å². The summed E-state index contributed by atoms with van der Waals surface area (Å²) in [5.41, 5.74) is 2.39. The molecule has 1 atom stereocenters. The van der Waals surface area contributed by atoms with E-state index in [0.29, 0.717) is 11.4 Å². The Bertz CT molecular complexity index is 549. The minimum Gasteiger partial charge on any atom is -0.357 e. The van der Waals surface area contributed by atoms with Gasteiger partial charge in [-0.25, -0.2) is 4.98 Å². The van der Waals surface area contributed by atoms with Crippen LogP contribution in [-0.4, -0.2) is 24.2 Å². The van der Waals surface area contributed by atoms with E-state index in [1.807, 2.05) is 26.0 Å². The lowest BCUT2D eigenvalue weighted by Crippen LogP contribution is -2.37. The molecule has 4 nitrogen and oxygen atoms in total.